The van der Waals surface area contributed by atoms with E-state index in [1.165, 1.54) is 0 Å². The van der Waals surface area contributed by atoms with Crippen molar-refractivity contribution < 1.29 is 9.15 Å². The normalized spacial score (nSPS) is 11.2. The minimum Gasteiger partial charge on any atom is -0.497 e. The minimum absolute atomic E-state index is 0.571. The fraction of sp³-hybridized carbons (Fsp3) is 0.294. The SMILES string of the molecule is COc1ccc(-c2nn(CN(C)Cc3ccc(Br)o3)c(=S)n2C)cc1. The number of furan rings is 1. The summed E-state index contributed by atoms with van der Waals surface area (Å²) in [5.74, 6) is 2.52. The Labute approximate surface area is 159 Å². The van der Waals surface area contributed by atoms with Crippen LogP contribution >= 0.6 is 28.1 Å². The van der Waals surface area contributed by atoms with E-state index in [2.05, 4.69) is 25.9 Å². The number of rotatable bonds is 6. The fourth-order valence-electron chi connectivity index (χ4n) is 2.55. The third kappa shape index (κ3) is 4.02. The zero-order valence-electron chi connectivity index (χ0n) is 14.3. The molecule has 0 saturated heterocycles. The maximum atomic E-state index is 5.54. The molecule has 0 fully saturated rings. The fourth-order valence-corrected chi connectivity index (χ4v) is 3.08. The van der Waals surface area contributed by atoms with Gasteiger partial charge >= 0.3 is 0 Å². The summed E-state index contributed by atoms with van der Waals surface area (Å²) < 4.78 is 15.9. The molecule has 0 aliphatic carbocycles. The van der Waals surface area contributed by atoms with E-state index in [1.54, 1.807) is 7.11 Å². The van der Waals surface area contributed by atoms with Crippen LogP contribution in [0.1, 0.15) is 5.76 Å². The number of methoxy groups -OCH3 is 1. The lowest BCUT2D eigenvalue weighted by Gasteiger charge is -2.14. The van der Waals surface area contributed by atoms with Crippen LogP contribution in [0.5, 0.6) is 5.75 Å². The molecule has 132 valence electrons. The Kier molecular flexibility index (Phi) is 5.41. The van der Waals surface area contributed by atoms with Crippen LogP contribution in [0, 0.1) is 4.77 Å². The third-order valence-corrected chi connectivity index (χ3v) is 4.73. The number of aromatic nitrogens is 3. The standard InChI is InChI=1S/C17H19BrN4O2S/c1-20(10-14-8-9-15(18)24-14)11-22-17(25)21(2)16(19-22)12-4-6-13(23-3)7-5-12/h4-9H,10-11H2,1-3H3. The van der Waals surface area contributed by atoms with Crippen molar-refractivity contribution in [2.75, 3.05) is 14.2 Å². The van der Waals surface area contributed by atoms with E-state index in [1.807, 2.05) is 59.7 Å². The number of hydrogen-bond donors (Lipinski definition) is 0. The average Bonchev–Trinajstić information content (AvgIpc) is 3.13. The molecule has 6 nitrogen and oxygen atoms in total. The molecule has 0 aliphatic rings. The number of ether oxygens (including phenoxy) is 1. The first-order valence-electron chi connectivity index (χ1n) is 7.69. The van der Waals surface area contributed by atoms with Crippen LogP contribution in [0.15, 0.2) is 45.5 Å². The molecule has 2 aromatic heterocycles. The summed E-state index contributed by atoms with van der Waals surface area (Å²) in [6, 6.07) is 11.6. The van der Waals surface area contributed by atoms with E-state index in [0.29, 0.717) is 18.0 Å². The summed E-state index contributed by atoms with van der Waals surface area (Å²) >= 11 is 8.85. The molecule has 0 radical (unpaired) electrons. The molecule has 2 heterocycles. The third-order valence-electron chi connectivity index (χ3n) is 3.82. The number of halogens is 1. The molecule has 3 aromatic rings. The Morgan fingerprint density at radius 1 is 1.24 bits per heavy atom. The van der Waals surface area contributed by atoms with Crippen molar-refractivity contribution in [1.82, 2.24) is 19.2 Å². The second-order valence-corrected chi connectivity index (χ2v) is 6.90. The minimum atomic E-state index is 0.571. The molecule has 3 rings (SSSR count). The van der Waals surface area contributed by atoms with Crippen molar-refractivity contribution in [3.8, 4) is 17.1 Å². The highest BCUT2D eigenvalue weighted by molar-refractivity contribution is 9.10. The van der Waals surface area contributed by atoms with Gasteiger partial charge in [0.1, 0.15) is 11.5 Å². The molecule has 0 aliphatic heterocycles. The highest BCUT2D eigenvalue weighted by atomic mass is 79.9. The predicted octanol–water partition coefficient (Wildman–Crippen LogP) is 4.07. The largest absolute Gasteiger partial charge is 0.497 e. The maximum absolute atomic E-state index is 5.54. The molecule has 25 heavy (non-hydrogen) atoms. The number of benzene rings is 1. The summed E-state index contributed by atoms with van der Waals surface area (Å²) in [5.41, 5.74) is 0.991. The van der Waals surface area contributed by atoms with Crippen molar-refractivity contribution in [3.63, 3.8) is 0 Å². The molecule has 8 heteroatoms. The molecule has 1 aromatic carbocycles. The first-order valence-corrected chi connectivity index (χ1v) is 8.89. The molecule has 0 N–H and O–H groups in total. The van der Waals surface area contributed by atoms with Crippen molar-refractivity contribution >= 4 is 28.1 Å². The van der Waals surface area contributed by atoms with E-state index in [9.17, 15) is 0 Å². The van der Waals surface area contributed by atoms with Gasteiger partial charge in [-0.05, 0) is 71.6 Å². The Morgan fingerprint density at radius 3 is 2.56 bits per heavy atom. The highest BCUT2D eigenvalue weighted by Gasteiger charge is 2.12. The number of hydrogen-bond acceptors (Lipinski definition) is 5. The van der Waals surface area contributed by atoms with Crippen LogP contribution in [-0.4, -0.2) is 33.4 Å². The summed E-state index contributed by atoms with van der Waals surface area (Å²) in [6.07, 6.45) is 0. The van der Waals surface area contributed by atoms with Crippen LogP contribution in [0.3, 0.4) is 0 Å². The van der Waals surface area contributed by atoms with Gasteiger partial charge in [0, 0.05) is 12.6 Å². The van der Waals surface area contributed by atoms with Gasteiger partial charge in [0.15, 0.2) is 15.3 Å². The quantitative estimate of drug-likeness (QED) is 0.560. The van der Waals surface area contributed by atoms with Crippen LogP contribution in [0.25, 0.3) is 11.4 Å². The zero-order valence-corrected chi connectivity index (χ0v) is 16.7. The summed E-state index contributed by atoms with van der Waals surface area (Å²) in [4.78, 5) is 2.09. The van der Waals surface area contributed by atoms with Crippen molar-refractivity contribution in [3.05, 3.63) is 51.6 Å². The van der Waals surface area contributed by atoms with Crippen molar-refractivity contribution in [1.29, 1.82) is 0 Å². The summed E-state index contributed by atoms with van der Waals surface area (Å²) in [7, 11) is 5.58. The molecule has 0 amide bonds. The molecule has 0 unspecified atom stereocenters. The van der Waals surface area contributed by atoms with Crippen LogP contribution in [-0.2, 0) is 20.3 Å². The first-order chi connectivity index (χ1) is 12.0. The average molecular weight is 423 g/mol. The van der Waals surface area contributed by atoms with Crippen LogP contribution in [0.4, 0.5) is 0 Å². The Balaban J connectivity index is 1.79. The second-order valence-electron chi connectivity index (χ2n) is 5.75. The lowest BCUT2D eigenvalue weighted by atomic mass is 10.2. The maximum Gasteiger partial charge on any atom is 0.199 e. The monoisotopic (exact) mass is 422 g/mol. The molecule has 0 atom stereocenters. The van der Waals surface area contributed by atoms with Gasteiger partial charge in [0.25, 0.3) is 0 Å². The summed E-state index contributed by atoms with van der Waals surface area (Å²) in [5, 5.41) is 4.67. The van der Waals surface area contributed by atoms with Gasteiger partial charge in [-0.3, -0.25) is 4.90 Å². The van der Waals surface area contributed by atoms with Crippen LogP contribution < -0.4 is 4.74 Å². The smallest absolute Gasteiger partial charge is 0.199 e. The predicted molar refractivity (Wildman–Crippen MR) is 102 cm³/mol. The first kappa shape index (κ1) is 17.9. The topological polar surface area (TPSA) is 48.4 Å². The van der Waals surface area contributed by atoms with E-state index in [4.69, 9.17) is 21.4 Å². The number of nitrogens with zero attached hydrogens (tertiary/aromatic N) is 4. The molecule has 0 bridgehead atoms. The molecular weight excluding hydrogens is 404 g/mol. The van der Waals surface area contributed by atoms with Crippen molar-refractivity contribution in [2.45, 2.75) is 13.2 Å². The highest BCUT2D eigenvalue weighted by Crippen LogP contribution is 2.21. The Morgan fingerprint density at radius 2 is 1.96 bits per heavy atom. The van der Waals surface area contributed by atoms with Gasteiger partial charge in [-0.2, -0.15) is 5.10 Å². The van der Waals surface area contributed by atoms with E-state index < -0.39 is 0 Å². The lowest BCUT2D eigenvalue weighted by molar-refractivity contribution is 0.224. The van der Waals surface area contributed by atoms with E-state index >= 15 is 0 Å². The van der Waals surface area contributed by atoms with Gasteiger partial charge in [0.2, 0.25) is 0 Å². The molecule has 0 saturated carbocycles. The van der Waals surface area contributed by atoms with Gasteiger partial charge in [-0.25, -0.2) is 4.68 Å². The second kappa shape index (κ2) is 7.55. The van der Waals surface area contributed by atoms with Crippen LogP contribution in [0.2, 0.25) is 0 Å². The van der Waals surface area contributed by atoms with Gasteiger partial charge in [-0.1, -0.05) is 0 Å². The lowest BCUT2D eigenvalue weighted by Crippen LogP contribution is -2.22. The Hall–Kier alpha value is -1.90. The van der Waals surface area contributed by atoms with E-state index in [0.717, 1.165) is 27.6 Å². The van der Waals surface area contributed by atoms with Gasteiger partial charge in [-0.15, -0.1) is 0 Å². The van der Waals surface area contributed by atoms with Gasteiger partial charge < -0.3 is 13.7 Å². The molecule has 0 spiro atoms. The molecular formula is C17H19BrN4O2S. The Bertz CT molecular complexity index is 914. The zero-order chi connectivity index (χ0) is 18.0. The van der Waals surface area contributed by atoms with Gasteiger partial charge in [0.05, 0.1) is 20.3 Å². The summed E-state index contributed by atoms with van der Waals surface area (Å²) in [6.45, 7) is 1.24. The van der Waals surface area contributed by atoms with E-state index in [-0.39, 0.29) is 0 Å². The van der Waals surface area contributed by atoms with Crippen molar-refractivity contribution in [2.24, 2.45) is 7.05 Å².